The van der Waals surface area contributed by atoms with E-state index in [0.29, 0.717) is 0 Å². The van der Waals surface area contributed by atoms with E-state index in [0.717, 1.165) is 4.31 Å². The summed E-state index contributed by atoms with van der Waals surface area (Å²) >= 11 is 0. The molecule has 0 radical (unpaired) electrons. The SMILES string of the molecule is CC(OC(=O)c1cnccn1)C(=O)Nc1cccc(S(=O)(=O)N(C)C)c1. The molecular formula is C16H18N4O5S. The molecule has 1 aromatic heterocycles. The maximum absolute atomic E-state index is 12.2. The Balaban J connectivity index is 2.06. The number of nitrogens with one attached hydrogen (secondary N) is 1. The van der Waals surface area contributed by atoms with Gasteiger partial charge in [0, 0.05) is 32.2 Å². The van der Waals surface area contributed by atoms with Gasteiger partial charge in [-0.15, -0.1) is 0 Å². The van der Waals surface area contributed by atoms with E-state index in [2.05, 4.69) is 15.3 Å². The monoisotopic (exact) mass is 378 g/mol. The van der Waals surface area contributed by atoms with E-state index < -0.39 is 28.0 Å². The summed E-state index contributed by atoms with van der Waals surface area (Å²) in [7, 11) is -0.806. The third-order valence-corrected chi connectivity index (χ3v) is 5.12. The summed E-state index contributed by atoms with van der Waals surface area (Å²) in [4.78, 5) is 31.6. The highest BCUT2D eigenvalue weighted by atomic mass is 32.2. The molecule has 2 rings (SSSR count). The average molecular weight is 378 g/mol. The molecule has 10 heteroatoms. The molecule has 1 atom stereocenters. The molecule has 0 saturated heterocycles. The molecule has 0 aliphatic heterocycles. The highest BCUT2D eigenvalue weighted by Crippen LogP contribution is 2.18. The Morgan fingerprint density at radius 1 is 1.23 bits per heavy atom. The average Bonchev–Trinajstić information content (AvgIpc) is 2.62. The first kappa shape index (κ1) is 19.5. The van der Waals surface area contributed by atoms with E-state index in [-0.39, 0.29) is 16.3 Å². The number of ether oxygens (including phenoxy) is 1. The zero-order chi connectivity index (χ0) is 19.3. The number of carbonyl (C=O) groups is 2. The summed E-state index contributed by atoms with van der Waals surface area (Å²) in [5, 5.41) is 2.51. The minimum absolute atomic E-state index is 0.0220. The first-order valence-corrected chi connectivity index (χ1v) is 8.96. The molecule has 26 heavy (non-hydrogen) atoms. The molecule has 0 spiro atoms. The fourth-order valence-corrected chi connectivity index (χ4v) is 2.82. The molecular weight excluding hydrogens is 360 g/mol. The molecule has 0 fully saturated rings. The second-order valence-corrected chi connectivity index (χ2v) is 7.59. The molecule has 1 amide bonds. The number of hydrogen-bond acceptors (Lipinski definition) is 7. The van der Waals surface area contributed by atoms with Crippen molar-refractivity contribution < 1.29 is 22.7 Å². The molecule has 2 aromatic rings. The van der Waals surface area contributed by atoms with Crippen molar-refractivity contribution in [3.8, 4) is 0 Å². The fraction of sp³-hybridized carbons (Fsp3) is 0.250. The molecule has 1 N–H and O–H groups in total. The second kappa shape index (κ2) is 8.02. The Bertz CT molecular complexity index is 900. The van der Waals surface area contributed by atoms with Gasteiger partial charge in [-0.1, -0.05) is 6.07 Å². The number of rotatable bonds is 6. The lowest BCUT2D eigenvalue weighted by Gasteiger charge is -2.15. The molecule has 0 aliphatic carbocycles. The summed E-state index contributed by atoms with van der Waals surface area (Å²) in [5.74, 6) is -1.40. The zero-order valence-electron chi connectivity index (χ0n) is 14.4. The largest absolute Gasteiger partial charge is 0.448 e. The van der Waals surface area contributed by atoms with Crippen molar-refractivity contribution in [1.29, 1.82) is 0 Å². The second-order valence-electron chi connectivity index (χ2n) is 5.44. The van der Waals surface area contributed by atoms with Gasteiger partial charge in [0.2, 0.25) is 10.0 Å². The van der Waals surface area contributed by atoms with Crippen LogP contribution >= 0.6 is 0 Å². The van der Waals surface area contributed by atoms with Crippen LogP contribution in [-0.2, 0) is 19.6 Å². The van der Waals surface area contributed by atoms with E-state index >= 15 is 0 Å². The van der Waals surface area contributed by atoms with Crippen LogP contribution in [0.4, 0.5) is 5.69 Å². The summed E-state index contributed by atoms with van der Waals surface area (Å²) < 4.78 is 30.4. The van der Waals surface area contributed by atoms with Crippen LogP contribution in [0.3, 0.4) is 0 Å². The Morgan fingerprint density at radius 3 is 2.58 bits per heavy atom. The lowest BCUT2D eigenvalue weighted by Crippen LogP contribution is -2.30. The molecule has 1 aromatic carbocycles. The number of carbonyl (C=O) groups excluding carboxylic acids is 2. The van der Waals surface area contributed by atoms with Gasteiger partial charge in [0.25, 0.3) is 5.91 Å². The maximum atomic E-state index is 12.2. The van der Waals surface area contributed by atoms with E-state index in [1.807, 2.05) is 0 Å². The van der Waals surface area contributed by atoms with Crippen LogP contribution in [0.25, 0.3) is 0 Å². The van der Waals surface area contributed by atoms with E-state index in [4.69, 9.17) is 4.74 Å². The molecule has 138 valence electrons. The number of esters is 1. The van der Waals surface area contributed by atoms with Gasteiger partial charge in [-0.3, -0.25) is 9.78 Å². The fourth-order valence-electron chi connectivity index (χ4n) is 1.87. The number of hydrogen-bond donors (Lipinski definition) is 1. The highest BCUT2D eigenvalue weighted by Gasteiger charge is 2.21. The normalized spacial score (nSPS) is 12.5. The van der Waals surface area contributed by atoms with Gasteiger partial charge in [0.15, 0.2) is 11.8 Å². The maximum Gasteiger partial charge on any atom is 0.359 e. The number of amides is 1. The summed E-state index contributed by atoms with van der Waals surface area (Å²) in [6.45, 7) is 1.39. The van der Waals surface area contributed by atoms with Crippen molar-refractivity contribution >= 4 is 27.6 Å². The molecule has 0 saturated carbocycles. The van der Waals surface area contributed by atoms with E-state index in [1.54, 1.807) is 0 Å². The number of benzene rings is 1. The Labute approximate surface area is 151 Å². The van der Waals surface area contributed by atoms with Gasteiger partial charge in [-0.2, -0.15) is 0 Å². The van der Waals surface area contributed by atoms with Gasteiger partial charge in [-0.05, 0) is 25.1 Å². The van der Waals surface area contributed by atoms with Crippen molar-refractivity contribution in [3.63, 3.8) is 0 Å². The lowest BCUT2D eigenvalue weighted by molar-refractivity contribution is -0.123. The smallest absolute Gasteiger partial charge is 0.359 e. The third kappa shape index (κ3) is 4.61. The number of sulfonamides is 1. The zero-order valence-corrected chi connectivity index (χ0v) is 15.2. The lowest BCUT2D eigenvalue weighted by atomic mass is 10.3. The van der Waals surface area contributed by atoms with Gasteiger partial charge in [0.05, 0.1) is 11.1 Å². The summed E-state index contributed by atoms with van der Waals surface area (Å²) in [6, 6.07) is 5.78. The van der Waals surface area contributed by atoms with Gasteiger partial charge >= 0.3 is 5.97 Å². The predicted octanol–water partition coefficient (Wildman–Crippen LogP) is 0.911. The predicted molar refractivity (Wildman–Crippen MR) is 92.9 cm³/mol. The minimum Gasteiger partial charge on any atom is -0.448 e. The van der Waals surface area contributed by atoms with Crippen molar-refractivity contribution in [3.05, 3.63) is 48.5 Å². The quantitative estimate of drug-likeness (QED) is 0.742. The van der Waals surface area contributed by atoms with E-state index in [9.17, 15) is 18.0 Å². The van der Waals surface area contributed by atoms with Gasteiger partial charge < -0.3 is 10.1 Å². The highest BCUT2D eigenvalue weighted by molar-refractivity contribution is 7.89. The van der Waals surface area contributed by atoms with Crippen LogP contribution < -0.4 is 5.32 Å². The van der Waals surface area contributed by atoms with Crippen LogP contribution in [0.5, 0.6) is 0 Å². The number of nitrogens with zero attached hydrogens (tertiary/aromatic N) is 3. The Hall–Kier alpha value is -2.85. The van der Waals surface area contributed by atoms with E-state index in [1.165, 1.54) is 63.9 Å². The third-order valence-electron chi connectivity index (χ3n) is 3.31. The van der Waals surface area contributed by atoms with Crippen LogP contribution in [0.15, 0.2) is 47.8 Å². The van der Waals surface area contributed by atoms with Crippen molar-refractivity contribution in [2.45, 2.75) is 17.9 Å². The topological polar surface area (TPSA) is 119 Å². The molecule has 0 bridgehead atoms. The molecule has 1 unspecified atom stereocenters. The van der Waals surface area contributed by atoms with Crippen molar-refractivity contribution in [2.75, 3.05) is 19.4 Å². The first-order chi connectivity index (χ1) is 12.2. The van der Waals surface area contributed by atoms with Crippen LogP contribution in [-0.4, -0.2) is 54.8 Å². The van der Waals surface area contributed by atoms with Crippen molar-refractivity contribution in [1.82, 2.24) is 14.3 Å². The standard InChI is InChI=1S/C16H18N4O5S/c1-11(25-16(22)14-10-17-7-8-18-14)15(21)19-12-5-4-6-13(9-12)26(23,24)20(2)3/h4-11H,1-3H3,(H,19,21). The van der Waals surface area contributed by atoms with Crippen LogP contribution in [0.2, 0.25) is 0 Å². The molecule has 0 aliphatic rings. The summed E-state index contributed by atoms with van der Waals surface area (Å²) in [6.07, 6.45) is 2.85. The Morgan fingerprint density at radius 2 is 1.96 bits per heavy atom. The summed E-state index contributed by atoms with van der Waals surface area (Å²) in [5.41, 5.74) is 0.242. The van der Waals surface area contributed by atoms with Gasteiger partial charge in [-0.25, -0.2) is 22.5 Å². The first-order valence-electron chi connectivity index (χ1n) is 7.52. The number of anilines is 1. The van der Waals surface area contributed by atoms with Gasteiger partial charge in [0.1, 0.15) is 0 Å². The molecule has 9 nitrogen and oxygen atoms in total. The Kier molecular flexibility index (Phi) is 6.01. The number of aromatic nitrogens is 2. The van der Waals surface area contributed by atoms with Crippen LogP contribution in [0, 0.1) is 0 Å². The van der Waals surface area contributed by atoms with Crippen LogP contribution in [0.1, 0.15) is 17.4 Å². The minimum atomic E-state index is -3.63. The van der Waals surface area contributed by atoms with Crippen molar-refractivity contribution in [2.24, 2.45) is 0 Å². The molecule has 1 heterocycles.